The third-order valence-electron chi connectivity index (χ3n) is 3.20. The number of carbonyl (C=O) groups excluding carboxylic acids is 1. The monoisotopic (exact) mass is 252 g/mol. The highest BCUT2D eigenvalue weighted by Gasteiger charge is 2.25. The van der Waals surface area contributed by atoms with Gasteiger partial charge in [-0.15, -0.1) is 11.3 Å². The average Bonchev–Trinajstić information content (AvgIpc) is 2.69. The Bertz CT molecular complexity index is 400. The fourth-order valence-electron chi connectivity index (χ4n) is 2.33. The lowest BCUT2D eigenvalue weighted by molar-refractivity contribution is -0.123. The molecule has 0 aromatic carbocycles. The minimum atomic E-state index is 0.130. The van der Waals surface area contributed by atoms with Gasteiger partial charge in [-0.05, 0) is 44.2 Å². The van der Waals surface area contributed by atoms with Crippen molar-refractivity contribution in [2.75, 3.05) is 13.1 Å². The molecule has 1 aromatic heterocycles. The van der Waals surface area contributed by atoms with Crippen LogP contribution in [0.3, 0.4) is 0 Å². The molecule has 0 unspecified atom stereocenters. The van der Waals surface area contributed by atoms with E-state index < -0.39 is 0 Å². The molecule has 0 saturated heterocycles. The third-order valence-corrected chi connectivity index (χ3v) is 4.20. The lowest BCUT2D eigenvalue weighted by atomic mass is 10.0. The molecule has 1 aromatic rings. The predicted octanol–water partition coefficient (Wildman–Crippen LogP) is 2.19. The molecule has 94 valence electrons. The van der Waals surface area contributed by atoms with E-state index in [0.717, 1.165) is 13.0 Å². The summed E-state index contributed by atoms with van der Waals surface area (Å²) in [6.45, 7) is 7.67. The maximum absolute atomic E-state index is 11.8. The van der Waals surface area contributed by atoms with Crippen molar-refractivity contribution in [2.24, 2.45) is 0 Å². The maximum Gasteiger partial charge on any atom is 0.234 e. The summed E-state index contributed by atoms with van der Waals surface area (Å²) in [4.78, 5) is 15.5. The largest absolute Gasteiger partial charge is 0.353 e. The normalized spacial score (nSPS) is 20.4. The van der Waals surface area contributed by atoms with Crippen molar-refractivity contribution in [3.63, 3.8) is 0 Å². The smallest absolute Gasteiger partial charge is 0.234 e. The molecule has 0 spiro atoms. The highest BCUT2D eigenvalue weighted by Crippen LogP contribution is 2.32. The van der Waals surface area contributed by atoms with Crippen LogP contribution in [0.2, 0.25) is 0 Å². The number of nitrogens with one attached hydrogen (secondary N) is 1. The van der Waals surface area contributed by atoms with Gasteiger partial charge in [0.25, 0.3) is 0 Å². The van der Waals surface area contributed by atoms with Gasteiger partial charge >= 0.3 is 0 Å². The first kappa shape index (κ1) is 12.6. The topological polar surface area (TPSA) is 32.3 Å². The minimum absolute atomic E-state index is 0.130. The standard InChI is InChI=1S/C13H20N2OS/c1-9(2)14-13(16)8-15-6-4-12-11(10(15)3)5-7-17-12/h5,7,9-10H,4,6,8H2,1-3H3,(H,14,16)/t10-/m0/s1. The molecule has 0 fully saturated rings. The Labute approximate surface area is 107 Å². The molecule has 0 saturated carbocycles. The van der Waals surface area contributed by atoms with Gasteiger partial charge < -0.3 is 5.32 Å². The number of thiophene rings is 1. The molecule has 2 rings (SSSR count). The fourth-order valence-corrected chi connectivity index (χ4v) is 3.29. The van der Waals surface area contributed by atoms with E-state index in [0.29, 0.717) is 12.6 Å². The van der Waals surface area contributed by atoms with Crippen LogP contribution in [-0.4, -0.2) is 29.9 Å². The molecule has 3 nitrogen and oxygen atoms in total. The van der Waals surface area contributed by atoms with Gasteiger partial charge in [-0.3, -0.25) is 9.69 Å². The summed E-state index contributed by atoms with van der Waals surface area (Å²) in [5, 5.41) is 5.10. The number of hydrogen-bond donors (Lipinski definition) is 1. The van der Waals surface area contributed by atoms with Crippen LogP contribution in [0.4, 0.5) is 0 Å². The van der Waals surface area contributed by atoms with Gasteiger partial charge in [0.1, 0.15) is 0 Å². The van der Waals surface area contributed by atoms with Gasteiger partial charge in [-0.1, -0.05) is 0 Å². The molecule has 1 amide bonds. The van der Waals surface area contributed by atoms with Crippen LogP contribution < -0.4 is 5.32 Å². The van der Waals surface area contributed by atoms with Crippen LogP contribution in [0, 0.1) is 0 Å². The van der Waals surface area contributed by atoms with Crippen molar-refractivity contribution in [3.05, 3.63) is 21.9 Å². The zero-order chi connectivity index (χ0) is 12.4. The van der Waals surface area contributed by atoms with E-state index in [4.69, 9.17) is 0 Å². The van der Waals surface area contributed by atoms with Crippen molar-refractivity contribution >= 4 is 17.2 Å². The van der Waals surface area contributed by atoms with Crippen molar-refractivity contribution < 1.29 is 4.79 Å². The Hall–Kier alpha value is -0.870. The number of amides is 1. The molecule has 0 aliphatic carbocycles. The van der Waals surface area contributed by atoms with E-state index in [1.807, 2.05) is 25.2 Å². The Balaban J connectivity index is 1.98. The molecule has 17 heavy (non-hydrogen) atoms. The van der Waals surface area contributed by atoms with Crippen LogP contribution in [0.5, 0.6) is 0 Å². The Morgan fingerprint density at radius 3 is 3.12 bits per heavy atom. The van der Waals surface area contributed by atoms with Gasteiger partial charge in [-0.2, -0.15) is 0 Å². The first-order valence-corrected chi connectivity index (χ1v) is 7.05. The molecule has 1 atom stereocenters. The van der Waals surface area contributed by atoms with Crippen LogP contribution >= 0.6 is 11.3 Å². The van der Waals surface area contributed by atoms with Gasteiger partial charge in [0.05, 0.1) is 6.54 Å². The molecular formula is C13H20N2OS. The van der Waals surface area contributed by atoms with Gasteiger partial charge in [0.2, 0.25) is 5.91 Å². The van der Waals surface area contributed by atoms with Gasteiger partial charge in [-0.25, -0.2) is 0 Å². The number of fused-ring (bicyclic) bond motifs is 1. The van der Waals surface area contributed by atoms with Crippen molar-refractivity contribution in [3.8, 4) is 0 Å². The Morgan fingerprint density at radius 2 is 2.41 bits per heavy atom. The van der Waals surface area contributed by atoms with Gasteiger partial charge in [0.15, 0.2) is 0 Å². The van der Waals surface area contributed by atoms with Crippen molar-refractivity contribution in [1.29, 1.82) is 0 Å². The second-order valence-corrected chi connectivity index (χ2v) is 5.92. The highest BCUT2D eigenvalue weighted by molar-refractivity contribution is 7.10. The Morgan fingerprint density at radius 1 is 1.65 bits per heavy atom. The zero-order valence-corrected chi connectivity index (χ0v) is 11.5. The average molecular weight is 252 g/mol. The first-order chi connectivity index (χ1) is 8.08. The summed E-state index contributed by atoms with van der Waals surface area (Å²) in [5.74, 6) is 0.130. The van der Waals surface area contributed by atoms with Gasteiger partial charge in [0, 0.05) is 23.5 Å². The van der Waals surface area contributed by atoms with E-state index >= 15 is 0 Å². The summed E-state index contributed by atoms with van der Waals surface area (Å²) < 4.78 is 0. The molecule has 0 radical (unpaired) electrons. The second-order valence-electron chi connectivity index (χ2n) is 4.92. The summed E-state index contributed by atoms with van der Waals surface area (Å²) in [7, 11) is 0. The molecular weight excluding hydrogens is 232 g/mol. The highest BCUT2D eigenvalue weighted by atomic mass is 32.1. The van der Waals surface area contributed by atoms with Crippen LogP contribution in [-0.2, 0) is 11.2 Å². The quantitative estimate of drug-likeness (QED) is 0.894. The number of carbonyl (C=O) groups is 1. The predicted molar refractivity (Wildman–Crippen MR) is 71.3 cm³/mol. The van der Waals surface area contributed by atoms with Crippen LogP contribution in [0.25, 0.3) is 0 Å². The summed E-state index contributed by atoms with van der Waals surface area (Å²) in [6.07, 6.45) is 1.08. The third kappa shape index (κ3) is 2.87. The lowest BCUT2D eigenvalue weighted by Crippen LogP contribution is -2.43. The van der Waals surface area contributed by atoms with E-state index in [2.05, 4.69) is 28.6 Å². The molecule has 4 heteroatoms. The first-order valence-electron chi connectivity index (χ1n) is 6.17. The maximum atomic E-state index is 11.8. The summed E-state index contributed by atoms with van der Waals surface area (Å²) >= 11 is 1.83. The molecule has 1 N–H and O–H groups in total. The number of nitrogens with zero attached hydrogens (tertiary/aromatic N) is 1. The van der Waals surface area contributed by atoms with E-state index in [9.17, 15) is 4.79 Å². The van der Waals surface area contributed by atoms with Crippen LogP contribution in [0.1, 0.15) is 37.3 Å². The minimum Gasteiger partial charge on any atom is -0.353 e. The van der Waals surface area contributed by atoms with E-state index in [-0.39, 0.29) is 11.9 Å². The van der Waals surface area contributed by atoms with Crippen molar-refractivity contribution in [1.82, 2.24) is 10.2 Å². The summed E-state index contributed by atoms with van der Waals surface area (Å²) in [5.41, 5.74) is 1.40. The molecule has 0 bridgehead atoms. The van der Waals surface area contributed by atoms with Crippen LogP contribution in [0.15, 0.2) is 11.4 Å². The van der Waals surface area contributed by atoms with E-state index in [1.54, 1.807) is 0 Å². The Kier molecular flexibility index (Phi) is 3.84. The molecule has 1 aliphatic heterocycles. The molecule has 2 heterocycles. The molecule has 1 aliphatic rings. The number of rotatable bonds is 3. The SMILES string of the molecule is CC(C)NC(=O)CN1CCc2sccc2[C@@H]1C. The second kappa shape index (κ2) is 5.19. The zero-order valence-electron chi connectivity index (χ0n) is 10.7. The van der Waals surface area contributed by atoms with E-state index in [1.165, 1.54) is 10.4 Å². The number of hydrogen-bond acceptors (Lipinski definition) is 3. The fraction of sp³-hybridized carbons (Fsp3) is 0.615. The van der Waals surface area contributed by atoms with Crippen molar-refractivity contribution in [2.45, 2.75) is 39.3 Å². The summed E-state index contributed by atoms with van der Waals surface area (Å²) in [6, 6.07) is 2.78. The lowest BCUT2D eigenvalue weighted by Gasteiger charge is -2.33.